The molecule has 1 heterocycles. The van der Waals surface area contributed by atoms with E-state index in [1.165, 1.54) is 29.2 Å². The molecule has 2 aromatic carbocycles. The molecule has 1 aliphatic heterocycles. The number of amides is 2. The number of hydrogen-bond acceptors (Lipinski definition) is 4. The molecule has 112 valence electrons. The second kappa shape index (κ2) is 5.81. The number of benzene rings is 2. The second-order valence-corrected chi connectivity index (χ2v) is 5.98. The summed E-state index contributed by atoms with van der Waals surface area (Å²) in [4.78, 5) is 25.7. The third-order valence-electron chi connectivity index (χ3n) is 3.25. The zero-order valence-electron chi connectivity index (χ0n) is 11.7. The van der Waals surface area contributed by atoms with Crippen LogP contribution in [0.1, 0.15) is 5.56 Å². The summed E-state index contributed by atoms with van der Waals surface area (Å²) in [6, 6.07) is 12.9. The monoisotopic (exact) mass is 316 g/mol. The Bertz CT molecular complexity index is 733. The van der Waals surface area contributed by atoms with E-state index in [2.05, 4.69) is 5.32 Å². The minimum absolute atomic E-state index is 0.324. The van der Waals surface area contributed by atoms with Crippen LogP contribution in [0.15, 0.2) is 48.5 Å². The van der Waals surface area contributed by atoms with Gasteiger partial charge in [0.1, 0.15) is 5.82 Å². The predicted octanol–water partition coefficient (Wildman–Crippen LogP) is 3.77. The van der Waals surface area contributed by atoms with E-state index in [9.17, 15) is 14.0 Å². The van der Waals surface area contributed by atoms with Gasteiger partial charge in [-0.2, -0.15) is 0 Å². The molecule has 22 heavy (non-hydrogen) atoms. The molecule has 0 aromatic heterocycles. The van der Waals surface area contributed by atoms with Crippen molar-refractivity contribution in [2.75, 3.05) is 10.2 Å². The molecule has 3 rings (SSSR count). The van der Waals surface area contributed by atoms with Crippen molar-refractivity contribution in [1.82, 2.24) is 0 Å². The van der Waals surface area contributed by atoms with Crippen molar-refractivity contribution in [3.63, 3.8) is 0 Å². The van der Waals surface area contributed by atoms with Crippen molar-refractivity contribution in [2.24, 2.45) is 0 Å². The summed E-state index contributed by atoms with van der Waals surface area (Å²) in [6.07, 6.45) is 0. The Balaban J connectivity index is 1.81. The van der Waals surface area contributed by atoms with Gasteiger partial charge in [0.05, 0.1) is 5.69 Å². The van der Waals surface area contributed by atoms with Crippen molar-refractivity contribution in [1.29, 1.82) is 0 Å². The fraction of sp³-hybridized carbons (Fsp3) is 0.125. The van der Waals surface area contributed by atoms with Gasteiger partial charge in [-0.05, 0) is 60.6 Å². The summed E-state index contributed by atoms with van der Waals surface area (Å²) in [5, 5.41) is 1.91. The molecule has 0 saturated carbocycles. The first-order valence-electron chi connectivity index (χ1n) is 6.68. The van der Waals surface area contributed by atoms with Gasteiger partial charge in [-0.3, -0.25) is 9.59 Å². The number of nitrogens with zero attached hydrogens (tertiary/aromatic N) is 1. The van der Waals surface area contributed by atoms with Crippen LogP contribution in [0.25, 0.3) is 0 Å². The molecule has 2 aromatic rings. The van der Waals surface area contributed by atoms with E-state index >= 15 is 0 Å². The summed E-state index contributed by atoms with van der Waals surface area (Å²) in [7, 11) is 0. The Morgan fingerprint density at radius 3 is 2.55 bits per heavy atom. The average molecular weight is 316 g/mol. The van der Waals surface area contributed by atoms with Crippen molar-refractivity contribution < 1.29 is 14.0 Å². The first-order chi connectivity index (χ1) is 10.5. The minimum atomic E-state index is -0.710. The highest BCUT2D eigenvalue weighted by Gasteiger charge is 2.40. The standard InChI is InChI=1S/C16H13FN2O2S/c1-10-3-2-4-13(9-10)19-15(20)14(22-16(19)21)18-12-7-5-11(17)6-8-12/h2-9,14,18H,1H3/t14-/m1/s1. The summed E-state index contributed by atoms with van der Waals surface area (Å²) in [5.41, 5.74) is 2.12. The Kier molecular flexibility index (Phi) is 3.85. The lowest BCUT2D eigenvalue weighted by atomic mass is 10.2. The first-order valence-corrected chi connectivity index (χ1v) is 7.56. The molecule has 1 saturated heterocycles. The fourth-order valence-corrected chi connectivity index (χ4v) is 3.10. The molecule has 1 aliphatic rings. The highest BCUT2D eigenvalue weighted by atomic mass is 32.2. The van der Waals surface area contributed by atoms with E-state index in [1.807, 2.05) is 13.0 Å². The van der Waals surface area contributed by atoms with Gasteiger partial charge >= 0.3 is 0 Å². The van der Waals surface area contributed by atoms with E-state index in [0.717, 1.165) is 17.3 Å². The number of nitrogens with one attached hydrogen (secondary N) is 1. The first kappa shape index (κ1) is 14.6. The normalized spacial score (nSPS) is 17.9. The lowest BCUT2D eigenvalue weighted by molar-refractivity contribution is -0.116. The van der Waals surface area contributed by atoms with E-state index in [4.69, 9.17) is 0 Å². The second-order valence-electron chi connectivity index (χ2n) is 4.93. The van der Waals surface area contributed by atoms with Crippen LogP contribution in [0.2, 0.25) is 0 Å². The van der Waals surface area contributed by atoms with E-state index in [-0.39, 0.29) is 17.0 Å². The lowest BCUT2D eigenvalue weighted by Crippen LogP contribution is -2.34. The molecule has 2 amide bonds. The summed E-state index contributed by atoms with van der Waals surface area (Å²) in [5.74, 6) is -0.682. The van der Waals surface area contributed by atoms with Crippen molar-refractivity contribution in [2.45, 2.75) is 12.3 Å². The molecule has 6 heteroatoms. The molecule has 1 N–H and O–H groups in total. The number of carbonyl (C=O) groups excluding carboxylic acids is 2. The Morgan fingerprint density at radius 1 is 1.14 bits per heavy atom. The number of hydrogen-bond donors (Lipinski definition) is 1. The van der Waals surface area contributed by atoms with E-state index in [0.29, 0.717) is 11.4 Å². The maximum absolute atomic E-state index is 12.9. The third kappa shape index (κ3) is 2.82. The molecule has 4 nitrogen and oxygen atoms in total. The summed E-state index contributed by atoms with van der Waals surface area (Å²) < 4.78 is 12.9. The number of carbonyl (C=O) groups is 2. The molecule has 0 radical (unpaired) electrons. The molecule has 0 aliphatic carbocycles. The highest BCUT2D eigenvalue weighted by molar-refractivity contribution is 8.16. The predicted molar refractivity (Wildman–Crippen MR) is 85.5 cm³/mol. The van der Waals surface area contributed by atoms with Crippen LogP contribution in [-0.2, 0) is 4.79 Å². The van der Waals surface area contributed by atoms with Crippen molar-refractivity contribution in [3.8, 4) is 0 Å². The largest absolute Gasteiger partial charge is 0.365 e. The van der Waals surface area contributed by atoms with Gasteiger partial charge in [-0.15, -0.1) is 0 Å². The summed E-state index contributed by atoms with van der Waals surface area (Å²) >= 11 is 0.914. The van der Waals surface area contributed by atoms with Gasteiger partial charge in [0.25, 0.3) is 11.1 Å². The molecule has 0 spiro atoms. The molecular weight excluding hydrogens is 303 g/mol. The van der Waals surface area contributed by atoms with Crippen LogP contribution in [0.3, 0.4) is 0 Å². The number of thioether (sulfide) groups is 1. The van der Waals surface area contributed by atoms with E-state index in [1.54, 1.807) is 18.2 Å². The molecule has 0 unspecified atom stereocenters. The number of rotatable bonds is 3. The van der Waals surface area contributed by atoms with Crippen LogP contribution >= 0.6 is 11.8 Å². The van der Waals surface area contributed by atoms with Crippen LogP contribution in [0.5, 0.6) is 0 Å². The van der Waals surface area contributed by atoms with Crippen molar-refractivity contribution in [3.05, 3.63) is 59.9 Å². The van der Waals surface area contributed by atoms with Gasteiger partial charge in [0.2, 0.25) is 0 Å². The van der Waals surface area contributed by atoms with Gasteiger partial charge in [-0.25, -0.2) is 9.29 Å². The van der Waals surface area contributed by atoms with Gasteiger partial charge in [0, 0.05) is 5.69 Å². The zero-order valence-corrected chi connectivity index (χ0v) is 12.6. The van der Waals surface area contributed by atoms with Crippen LogP contribution in [-0.4, -0.2) is 16.5 Å². The van der Waals surface area contributed by atoms with Crippen molar-refractivity contribution >= 4 is 34.3 Å². The fourth-order valence-electron chi connectivity index (χ4n) is 2.20. The SMILES string of the molecule is Cc1cccc(N2C(=O)S[C@@H](Nc3ccc(F)cc3)C2=O)c1. The number of halogens is 1. The topological polar surface area (TPSA) is 49.4 Å². The van der Waals surface area contributed by atoms with Crippen LogP contribution in [0.4, 0.5) is 20.6 Å². The Labute approximate surface area is 131 Å². The van der Waals surface area contributed by atoms with Gasteiger partial charge < -0.3 is 5.32 Å². The molecule has 1 atom stereocenters. The minimum Gasteiger partial charge on any atom is -0.365 e. The molecule has 0 bridgehead atoms. The average Bonchev–Trinajstić information content (AvgIpc) is 2.76. The lowest BCUT2D eigenvalue weighted by Gasteiger charge is -2.15. The third-order valence-corrected chi connectivity index (χ3v) is 4.19. The molecule has 1 fully saturated rings. The molecular formula is C16H13FN2O2S. The summed E-state index contributed by atoms with van der Waals surface area (Å²) in [6.45, 7) is 1.90. The van der Waals surface area contributed by atoms with Crippen LogP contribution in [0, 0.1) is 12.7 Å². The number of anilines is 2. The quantitative estimate of drug-likeness (QED) is 0.936. The van der Waals surface area contributed by atoms with Gasteiger partial charge in [0.15, 0.2) is 5.37 Å². The Hall–Kier alpha value is -2.34. The van der Waals surface area contributed by atoms with Gasteiger partial charge in [-0.1, -0.05) is 12.1 Å². The maximum Gasteiger partial charge on any atom is 0.295 e. The number of imide groups is 1. The highest BCUT2D eigenvalue weighted by Crippen LogP contribution is 2.32. The number of aryl methyl sites for hydroxylation is 1. The Morgan fingerprint density at radius 2 is 1.86 bits per heavy atom. The van der Waals surface area contributed by atoms with E-state index < -0.39 is 5.37 Å². The zero-order chi connectivity index (χ0) is 15.7. The maximum atomic E-state index is 12.9. The smallest absolute Gasteiger partial charge is 0.295 e. The van der Waals surface area contributed by atoms with Crippen LogP contribution < -0.4 is 10.2 Å².